The van der Waals surface area contributed by atoms with Gasteiger partial charge in [0.05, 0.1) is 16.2 Å². The second kappa shape index (κ2) is 7.40. The van der Waals surface area contributed by atoms with Crippen LogP contribution in [0.25, 0.3) is 6.08 Å². The fourth-order valence-corrected chi connectivity index (χ4v) is 3.44. The lowest BCUT2D eigenvalue weighted by molar-refractivity contribution is -0.384. The van der Waals surface area contributed by atoms with Crippen LogP contribution in [0.5, 0.6) is 0 Å². The molecule has 1 atom stereocenters. The van der Waals surface area contributed by atoms with Gasteiger partial charge in [0.2, 0.25) is 0 Å². The highest BCUT2D eigenvalue weighted by molar-refractivity contribution is 8.26. The number of rotatable bonds is 6. The third kappa shape index (κ3) is 4.19. The first-order valence-corrected chi connectivity index (χ1v) is 7.89. The molecule has 25 heavy (non-hydrogen) atoms. The summed E-state index contributed by atoms with van der Waals surface area (Å²) < 4.78 is -0.0877. The first-order valence-electron chi connectivity index (χ1n) is 6.67. The number of nitrogens with zero attached hydrogens (tertiary/aromatic N) is 2. The number of non-ortho nitro benzene ring substituents is 1. The van der Waals surface area contributed by atoms with Crippen molar-refractivity contribution < 1.29 is 29.5 Å². The molecule has 9 nitrogen and oxygen atoms in total. The Bertz CT molecular complexity index is 821. The zero-order valence-corrected chi connectivity index (χ0v) is 14.0. The number of carboxylic acids is 2. The number of nitro groups is 1. The summed E-state index contributed by atoms with van der Waals surface area (Å²) in [6.07, 6.45) is 0.540. The molecule has 2 N–H and O–H groups in total. The summed E-state index contributed by atoms with van der Waals surface area (Å²) >= 11 is 5.80. The number of aliphatic carboxylic acids is 2. The van der Waals surface area contributed by atoms with E-state index in [0.717, 1.165) is 16.7 Å². The maximum atomic E-state index is 12.4. The lowest BCUT2D eigenvalue weighted by Gasteiger charge is -2.21. The molecule has 1 aliphatic rings. The summed E-state index contributed by atoms with van der Waals surface area (Å²) in [5.41, 5.74) is 0.193. The Hall–Kier alpha value is -2.79. The van der Waals surface area contributed by atoms with E-state index in [0.29, 0.717) is 5.56 Å². The number of thioether (sulfide) groups is 1. The number of carbonyl (C=O) groups is 3. The molecule has 0 radical (unpaired) electrons. The predicted molar refractivity (Wildman–Crippen MR) is 91.8 cm³/mol. The van der Waals surface area contributed by atoms with Crippen LogP contribution in [0, 0.1) is 10.1 Å². The highest BCUT2D eigenvalue weighted by atomic mass is 32.2. The largest absolute Gasteiger partial charge is 0.481 e. The summed E-state index contributed by atoms with van der Waals surface area (Å²) in [6, 6.07) is 3.88. The van der Waals surface area contributed by atoms with E-state index in [1.807, 2.05) is 0 Å². The van der Waals surface area contributed by atoms with Crippen LogP contribution in [0.3, 0.4) is 0 Å². The van der Waals surface area contributed by atoms with Gasteiger partial charge in [-0.15, -0.1) is 0 Å². The van der Waals surface area contributed by atoms with E-state index in [1.165, 1.54) is 30.3 Å². The van der Waals surface area contributed by atoms with Crippen molar-refractivity contribution >= 4 is 57.9 Å². The normalized spacial score (nSPS) is 17.0. The molecule has 1 saturated heterocycles. The molecule has 0 aromatic heterocycles. The molecule has 1 heterocycles. The topological polar surface area (TPSA) is 138 Å². The molecule has 1 unspecified atom stereocenters. The van der Waals surface area contributed by atoms with Gasteiger partial charge in [0.25, 0.3) is 11.6 Å². The van der Waals surface area contributed by atoms with Gasteiger partial charge in [0.15, 0.2) is 0 Å². The Morgan fingerprint density at radius 2 is 2.08 bits per heavy atom. The molecule has 1 amide bonds. The van der Waals surface area contributed by atoms with Gasteiger partial charge in [-0.25, -0.2) is 4.79 Å². The van der Waals surface area contributed by atoms with Crippen LogP contribution in [0.1, 0.15) is 12.0 Å². The molecular weight excluding hydrogens is 372 g/mol. The monoisotopic (exact) mass is 382 g/mol. The fourth-order valence-electron chi connectivity index (χ4n) is 2.08. The van der Waals surface area contributed by atoms with Crippen molar-refractivity contribution in [2.75, 3.05) is 0 Å². The van der Waals surface area contributed by atoms with Crippen LogP contribution in [-0.4, -0.2) is 48.2 Å². The van der Waals surface area contributed by atoms with E-state index in [2.05, 4.69) is 0 Å². The molecule has 1 aromatic carbocycles. The van der Waals surface area contributed by atoms with Gasteiger partial charge in [-0.2, -0.15) is 0 Å². The third-order valence-electron chi connectivity index (χ3n) is 3.17. The number of hydrogen-bond donors (Lipinski definition) is 2. The molecule has 1 aliphatic heterocycles. The highest BCUT2D eigenvalue weighted by Crippen LogP contribution is 2.35. The predicted octanol–water partition coefficient (Wildman–Crippen LogP) is 1.72. The number of thiocarbonyl (C=S) groups is 1. The maximum absolute atomic E-state index is 12.4. The number of benzene rings is 1. The molecule has 1 fully saturated rings. The third-order valence-corrected chi connectivity index (χ3v) is 4.50. The fraction of sp³-hybridized carbons (Fsp3) is 0.143. The van der Waals surface area contributed by atoms with Crippen LogP contribution in [0.4, 0.5) is 5.69 Å². The van der Waals surface area contributed by atoms with Crippen LogP contribution in [0.15, 0.2) is 29.2 Å². The lowest BCUT2D eigenvalue weighted by Crippen LogP contribution is -2.45. The summed E-state index contributed by atoms with van der Waals surface area (Å²) in [7, 11) is 0. The highest BCUT2D eigenvalue weighted by Gasteiger charge is 2.41. The SMILES string of the molecule is O=C(O)CC(C(=O)O)N1C(=O)/C(=C/c2cccc([N+](=O)[O-])c2)SC1=S. The second-order valence-corrected chi connectivity index (χ2v) is 6.53. The van der Waals surface area contributed by atoms with E-state index in [-0.39, 0.29) is 14.9 Å². The summed E-state index contributed by atoms with van der Waals surface area (Å²) in [6.45, 7) is 0. The smallest absolute Gasteiger partial charge is 0.327 e. The van der Waals surface area contributed by atoms with Crippen LogP contribution in [-0.2, 0) is 14.4 Å². The second-order valence-electron chi connectivity index (χ2n) is 4.86. The van der Waals surface area contributed by atoms with Crippen molar-refractivity contribution in [1.29, 1.82) is 0 Å². The molecular formula is C14H10N2O7S2. The molecule has 2 rings (SSSR count). The molecule has 0 spiro atoms. The number of carboxylic acid groups (broad SMARTS) is 2. The number of amides is 1. The van der Waals surface area contributed by atoms with Gasteiger partial charge in [-0.3, -0.25) is 24.6 Å². The molecule has 11 heteroatoms. The zero-order valence-electron chi connectivity index (χ0n) is 12.3. The van der Waals surface area contributed by atoms with Crippen LogP contribution in [0.2, 0.25) is 0 Å². The van der Waals surface area contributed by atoms with Crippen LogP contribution < -0.4 is 0 Å². The minimum Gasteiger partial charge on any atom is -0.481 e. The van der Waals surface area contributed by atoms with Crippen molar-refractivity contribution in [2.45, 2.75) is 12.5 Å². The van der Waals surface area contributed by atoms with Gasteiger partial charge in [0.1, 0.15) is 10.4 Å². The minimum absolute atomic E-state index is 0.0575. The van der Waals surface area contributed by atoms with Crippen molar-refractivity contribution in [1.82, 2.24) is 4.90 Å². The molecule has 0 aliphatic carbocycles. The average molecular weight is 382 g/mol. The van der Waals surface area contributed by atoms with Gasteiger partial charge < -0.3 is 10.2 Å². The number of carbonyl (C=O) groups excluding carboxylic acids is 1. The zero-order chi connectivity index (χ0) is 18.7. The maximum Gasteiger partial charge on any atom is 0.327 e. The lowest BCUT2D eigenvalue weighted by atomic mass is 10.1. The quantitative estimate of drug-likeness (QED) is 0.326. The number of nitro benzene ring substituents is 1. The van der Waals surface area contributed by atoms with Crippen molar-refractivity contribution in [3.05, 3.63) is 44.8 Å². The van der Waals surface area contributed by atoms with E-state index < -0.39 is 35.2 Å². The van der Waals surface area contributed by atoms with Crippen LogP contribution >= 0.6 is 24.0 Å². The summed E-state index contributed by atoms with van der Waals surface area (Å²) in [4.78, 5) is 45.5. The van der Waals surface area contributed by atoms with E-state index in [1.54, 1.807) is 0 Å². The summed E-state index contributed by atoms with van der Waals surface area (Å²) in [5, 5.41) is 28.8. The minimum atomic E-state index is -1.62. The van der Waals surface area contributed by atoms with Gasteiger partial charge in [-0.1, -0.05) is 36.1 Å². The van der Waals surface area contributed by atoms with E-state index >= 15 is 0 Å². The van der Waals surface area contributed by atoms with E-state index in [9.17, 15) is 29.6 Å². The Morgan fingerprint density at radius 3 is 2.64 bits per heavy atom. The Morgan fingerprint density at radius 1 is 1.40 bits per heavy atom. The molecule has 130 valence electrons. The Kier molecular flexibility index (Phi) is 5.49. The average Bonchev–Trinajstić information content (AvgIpc) is 2.79. The van der Waals surface area contributed by atoms with E-state index in [4.69, 9.17) is 17.3 Å². The van der Waals surface area contributed by atoms with Gasteiger partial charge >= 0.3 is 11.9 Å². The first kappa shape index (κ1) is 18.5. The Balaban J connectivity index is 2.34. The van der Waals surface area contributed by atoms with Gasteiger partial charge in [0, 0.05) is 12.1 Å². The molecule has 1 aromatic rings. The van der Waals surface area contributed by atoms with Crippen molar-refractivity contribution in [3.63, 3.8) is 0 Å². The first-order chi connectivity index (χ1) is 11.7. The standard InChI is InChI=1S/C14H10N2O7S2/c17-11(18)6-9(13(20)21)15-12(19)10(25-14(15)24)5-7-2-1-3-8(4-7)16(22)23/h1-5,9H,6H2,(H,17,18)(H,20,21)/b10-5-. The summed E-state index contributed by atoms with van der Waals surface area (Å²) in [5.74, 6) is -3.63. The molecule has 0 bridgehead atoms. The van der Waals surface area contributed by atoms with Gasteiger partial charge in [-0.05, 0) is 11.6 Å². The van der Waals surface area contributed by atoms with Crippen molar-refractivity contribution in [3.8, 4) is 0 Å². The molecule has 0 saturated carbocycles. The number of hydrogen-bond acceptors (Lipinski definition) is 7. The van der Waals surface area contributed by atoms with Crippen molar-refractivity contribution in [2.24, 2.45) is 0 Å². The Labute approximate surface area is 150 Å².